The number of carbonyl (C=O) groups is 1. The van der Waals surface area contributed by atoms with Gasteiger partial charge in [-0.05, 0) is 30.8 Å². The molecule has 1 aliphatic rings. The Morgan fingerprint density at radius 1 is 1.46 bits per heavy atom. The van der Waals surface area contributed by atoms with Crippen molar-refractivity contribution in [1.29, 1.82) is 0 Å². The zero-order valence-corrected chi connectivity index (χ0v) is 14.3. The van der Waals surface area contributed by atoms with E-state index in [1.807, 2.05) is 48.3 Å². The SMILES string of the molecule is CN1CCOC(C(=O)NCC(c2ccc(Cl)cc2)n2cccn2)C1. The minimum absolute atomic E-state index is 0.0901. The lowest BCUT2D eigenvalue weighted by Gasteiger charge is -2.29. The fraction of sp³-hybridized carbons (Fsp3) is 0.412. The first-order valence-corrected chi connectivity index (χ1v) is 8.34. The predicted octanol–water partition coefficient (Wildman–Crippen LogP) is 1.57. The quantitative estimate of drug-likeness (QED) is 0.891. The number of benzene rings is 1. The highest BCUT2D eigenvalue weighted by Crippen LogP contribution is 2.19. The topological polar surface area (TPSA) is 59.4 Å². The summed E-state index contributed by atoms with van der Waals surface area (Å²) in [6.07, 6.45) is 3.19. The van der Waals surface area contributed by atoms with Gasteiger partial charge in [0.15, 0.2) is 0 Å². The monoisotopic (exact) mass is 348 g/mol. The van der Waals surface area contributed by atoms with Gasteiger partial charge in [0, 0.05) is 37.1 Å². The lowest BCUT2D eigenvalue weighted by atomic mass is 10.1. The van der Waals surface area contributed by atoms with Crippen LogP contribution in [0.1, 0.15) is 11.6 Å². The van der Waals surface area contributed by atoms with Gasteiger partial charge >= 0.3 is 0 Å². The summed E-state index contributed by atoms with van der Waals surface area (Å²) >= 11 is 5.97. The first-order valence-electron chi connectivity index (χ1n) is 7.96. The summed E-state index contributed by atoms with van der Waals surface area (Å²) < 4.78 is 7.39. The molecule has 1 saturated heterocycles. The van der Waals surface area contributed by atoms with Crippen LogP contribution in [0.4, 0.5) is 0 Å². The molecule has 0 bridgehead atoms. The number of likely N-dealkylation sites (N-methyl/N-ethyl adjacent to an activating group) is 1. The zero-order valence-electron chi connectivity index (χ0n) is 13.6. The summed E-state index contributed by atoms with van der Waals surface area (Å²) in [4.78, 5) is 14.5. The molecule has 2 unspecified atom stereocenters. The minimum Gasteiger partial charge on any atom is -0.366 e. The Morgan fingerprint density at radius 2 is 2.25 bits per heavy atom. The summed E-state index contributed by atoms with van der Waals surface area (Å²) in [5, 5.41) is 7.98. The third kappa shape index (κ3) is 4.14. The molecule has 0 spiro atoms. The van der Waals surface area contributed by atoms with Gasteiger partial charge in [-0.3, -0.25) is 9.48 Å². The van der Waals surface area contributed by atoms with Crippen molar-refractivity contribution in [3.8, 4) is 0 Å². The molecule has 2 aromatic rings. The van der Waals surface area contributed by atoms with Crippen LogP contribution in [0.3, 0.4) is 0 Å². The van der Waals surface area contributed by atoms with Crippen molar-refractivity contribution in [2.24, 2.45) is 0 Å². The van der Waals surface area contributed by atoms with Gasteiger partial charge in [0.2, 0.25) is 0 Å². The Morgan fingerprint density at radius 3 is 2.92 bits per heavy atom. The second-order valence-electron chi connectivity index (χ2n) is 5.92. The summed E-state index contributed by atoms with van der Waals surface area (Å²) in [6.45, 7) is 2.48. The predicted molar refractivity (Wildman–Crippen MR) is 92.1 cm³/mol. The molecule has 2 heterocycles. The van der Waals surface area contributed by atoms with Gasteiger partial charge in [0.25, 0.3) is 5.91 Å². The van der Waals surface area contributed by atoms with Crippen molar-refractivity contribution in [1.82, 2.24) is 20.0 Å². The van der Waals surface area contributed by atoms with E-state index in [2.05, 4.69) is 15.3 Å². The molecule has 128 valence electrons. The van der Waals surface area contributed by atoms with Crippen LogP contribution in [-0.4, -0.2) is 60.0 Å². The first kappa shape index (κ1) is 17.0. The van der Waals surface area contributed by atoms with Crippen molar-refractivity contribution >= 4 is 17.5 Å². The van der Waals surface area contributed by atoms with Gasteiger partial charge in [-0.1, -0.05) is 23.7 Å². The van der Waals surface area contributed by atoms with Crippen LogP contribution in [0, 0.1) is 0 Å². The Kier molecular flexibility index (Phi) is 5.50. The van der Waals surface area contributed by atoms with E-state index in [4.69, 9.17) is 16.3 Å². The Labute approximate surface area is 146 Å². The third-order valence-electron chi connectivity index (χ3n) is 4.13. The van der Waals surface area contributed by atoms with Gasteiger partial charge in [-0.25, -0.2) is 0 Å². The van der Waals surface area contributed by atoms with Gasteiger partial charge < -0.3 is 15.0 Å². The number of hydrogen-bond donors (Lipinski definition) is 1. The Balaban J connectivity index is 1.68. The number of rotatable bonds is 5. The number of amides is 1. The molecule has 0 aliphatic carbocycles. The molecule has 1 aliphatic heterocycles. The van der Waals surface area contributed by atoms with Crippen LogP contribution < -0.4 is 5.32 Å². The fourth-order valence-electron chi connectivity index (χ4n) is 2.76. The maximum absolute atomic E-state index is 12.4. The molecule has 2 atom stereocenters. The van der Waals surface area contributed by atoms with Gasteiger partial charge in [0.05, 0.1) is 12.6 Å². The maximum Gasteiger partial charge on any atom is 0.250 e. The molecule has 1 aromatic heterocycles. The highest BCUT2D eigenvalue weighted by Gasteiger charge is 2.25. The second-order valence-corrected chi connectivity index (χ2v) is 6.36. The van der Waals surface area contributed by atoms with Crippen LogP contribution in [0.2, 0.25) is 5.02 Å². The number of aromatic nitrogens is 2. The highest BCUT2D eigenvalue weighted by atomic mass is 35.5. The number of ether oxygens (including phenoxy) is 1. The number of carbonyl (C=O) groups excluding carboxylic acids is 1. The molecule has 0 radical (unpaired) electrons. The van der Waals surface area contributed by atoms with E-state index in [1.54, 1.807) is 6.20 Å². The first-order chi connectivity index (χ1) is 11.6. The maximum atomic E-state index is 12.4. The number of hydrogen-bond acceptors (Lipinski definition) is 4. The summed E-state index contributed by atoms with van der Waals surface area (Å²) in [5.41, 5.74) is 1.03. The lowest BCUT2D eigenvalue weighted by Crippen LogP contribution is -2.49. The molecule has 1 aromatic carbocycles. The molecule has 1 N–H and O–H groups in total. The number of nitrogens with one attached hydrogen (secondary N) is 1. The van der Waals surface area contributed by atoms with Crippen molar-refractivity contribution < 1.29 is 9.53 Å². The molecule has 1 fully saturated rings. The molecular weight excluding hydrogens is 328 g/mol. The van der Waals surface area contributed by atoms with E-state index in [0.29, 0.717) is 24.7 Å². The largest absolute Gasteiger partial charge is 0.366 e. The molecule has 6 nitrogen and oxygen atoms in total. The molecule has 1 amide bonds. The summed E-state index contributed by atoms with van der Waals surface area (Å²) in [7, 11) is 1.99. The summed E-state index contributed by atoms with van der Waals surface area (Å²) in [5.74, 6) is -0.0901. The van der Waals surface area contributed by atoms with E-state index in [0.717, 1.165) is 12.1 Å². The van der Waals surface area contributed by atoms with Crippen molar-refractivity contribution in [3.05, 3.63) is 53.3 Å². The molecule has 3 rings (SSSR count). The average Bonchev–Trinajstić information content (AvgIpc) is 3.11. The lowest BCUT2D eigenvalue weighted by molar-refractivity contribution is -0.137. The molecule has 0 saturated carbocycles. The van der Waals surface area contributed by atoms with Crippen LogP contribution in [0.5, 0.6) is 0 Å². The average molecular weight is 349 g/mol. The molecular formula is C17H21ClN4O2. The van der Waals surface area contributed by atoms with Crippen molar-refractivity contribution in [3.63, 3.8) is 0 Å². The molecule has 24 heavy (non-hydrogen) atoms. The van der Waals surface area contributed by atoms with Gasteiger partial charge in [-0.2, -0.15) is 5.10 Å². The van der Waals surface area contributed by atoms with Crippen LogP contribution in [-0.2, 0) is 9.53 Å². The van der Waals surface area contributed by atoms with E-state index in [1.165, 1.54) is 0 Å². The number of morpholine rings is 1. The van der Waals surface area contributed by atoms with Crippen LogP contribution in [0.15, 0.2) is 42.7 Å². The smallest absolute Gasteiger partial charge is 0.250 e. The zero-order chi connectivity index (χ0) is 16.9. The summed E-state index contributed by atoms with van der Waals surface area (Å²) in [6, 6.07) is 9.35. The van der Waals surface area contributed by atoms with Crippen molar-refractivity contribution in [2.45, 2.75) is 12.1 Å². The minimum atomic E-state index is -0.424. The Hall–Kier alpha value is -1.89. The second kappa shape index (κ2) is 7.79. The third-order valence-corrected chi connectivity index (χ3v) is 4.38. The number of nitrogens with zero attached hydrogens (tertiary/aromatic N) is 3. The standard InChI is InChI=1S/C17H21ClN4O2/c1-21-9-10-24-16(12-21)17(23)19-11-15(22-8-2-7-20-22)13-3-5-14(18)6-4-13/h2-8,15-16H,9-12H2,1H3,(H,19,23). The molecule has 7 heteroatoms. The van der Waals surface area contributed by atoms with Gasteiger partial charge in [-0.15, -0.1) is 0 Å². The normalized spacial score (nSPS) is 19.8. The number of halogens is 1. The van der Waals surface area contributed by atoms with Gasteiger partial charge in [0.1, 0.15) is 6.10 Å². The van der Waals surface area contributed by atoms with Crippen LogP contribution >= 0.6 is 11.6 Å². The Bertz CT molecular complexity index is 660. The van der Waals surface area contributed by atoms with E-state index < -0.39 is 6.10 Å². The van der Waals surface area contributed by atoms with E-state index in [9.17, 15) is 4.79 Å². The van der Waals surface area contributed by atoms with E-state index >= 15 is 0 Å². The van der Waals surface area contributed by atoms with Crippen LogP contribution in [0.25, 0.3) is 0 Å². The fourth-order valence-corrected chi connectivity index (χ4v) is 2.89. The van der Waals surface area contributed by atoms with E-state index in [-0.39, 0.29) is 11.9 Å². The highest BCUT2D eigenvalue weighted by molar-refractivity contribution is 6.30. The van der Waals surface area contributed by atoms with Crippen molar-refractivity contribution in [2.75, 3.05) is 33.3 Å².